The summed E-state index contributed by atoms with van der Waals surface area (Å²) in [6.45, 7) is 0.680. The minimum atomic E-state index is -4.77. The van der Waals surface area contributed by atoms with E-state index in [-0.39, 0.29) is 19.1 Å². The van der Waals surface area contributed by atoms with Crippen LogP contribution in [0, 0.1) is 0 Å². The maximum Gasteiger partial charge on any atom is 0.407 e. The van der Waals surface area contributed by atoms with Crippen LogP contribution in [0.25, 0.3) is 11.1 Å². The molecule has 0 heterocycles. The Morgan fingerprint density at radius 2 is 1.62 bits per heavy atom. The van der Waals surface area contributed by atoms with Gasteiger partial charge in [0, 0.05) is 12.5 Å². The second kappa shape index (κ2) is 10.6. The van der Waals surface area contributed by atoms with Crippen molar-refractivity contribution in [2.75, 3.05) is 19.7 Å². The van der Waals surface area contributed by atoms with Crippen LogP contribution in [0.2, 0.25) is 0 Å². The summed E-state index contributed by atoms with van der Waals surface area (Å²) in [6, 6.07) is 13.1. The third-order valence-electron chi connectivity index (χ3n) is 5.50. The number of rotatable bonds is 9. The maximum atomic E-state index is 13.1. The third-order valence-corrected chi connectivity index (χ3v) is 5.50. The van der Waals surface area contributed by atoms with Gasteiger partial charge in [0.15, 0.2) is 0 Å². The Morgan fingerprint density at radius 1 is 1.06 bits per heavy atom. The SMILES string of the molecule is CCCN(CC(=O)O)C(=O)C(CC(F)(F)F)NC(=O)OCC1c2ccccc2-c2ccccc21. The highest BCUT2D eigenvalue weighted by molar-refractivity contribution is 5.88. The normalized spacial score (nSPS) is 13.5. The van der Waals surface area contributed by atoms with Crippen LogP contribution in [0.3, 0.4) is 0 Å². The van der Waals surface area contributed by atoms with Gasteiger partial charge in [-0.05, 0) is 28.7 Å². The lowest BCUT2D eigenvalue weighted by molar-refractivity contribution is -0.156. The zero-order valence-electron chi connectivity index (χ0n) is 18.5. The molecule has 1 atom stereocenters. The summed E-state index contributed by atoms with van der Waals surface area (Å²) in [6.07, 6.45) is -7.26. The molecular weight excluding hydrogens is 453 g/mol. The number of hydrogen-bond donors (Lipinski definition) is 2. The Morgan fingerprint density at radius 3 is 2.12 bits per heavy atom. The van der Waals surface area contributed by atoms with Gasteiger partial charge in [-0.2, -0.15) is 13.2 Å². The van der Waals surface area contributed by atoms with E-state index in [4.69, 9.17) is 9.84 Å². The number of nitrogens with one attached hydrogen (secondary N) is 1. The van der Waals surface area contributed by atoms with Gasteiger partial charge in [-0.15, -0.1) is 0 Å². The number of halogens is 3. The molecule has 0 fully saturated rings. The lowest BCUT2D eigenvalue weighted by Gasteiger charge is -2.27. The third kappa shape index (κ3) is 6.06. The smallest absolute Gasteiger partial charge is 0.407 e. The average Bonchev–Trinajstić information content (AvgIpc) is 3.09. The van der Waals surface area contributed by atoms with Gasteiger partial charge in [-0.25, -0.2) is 4.79 Å². The van der Waals surface area contributed by atoms with Crippen molar-refractivity contribution < 1.29 is 37.4 Å². The van der Waals surface area contributed by atoms with E-state index in [0.29, 0.717) is 6.42 Å². The van der Waals surface area contributed by atoms with Crippen LogP contribution in [0.1, 0.15) is 36.8 Å². The van der Waals surface area contributed by atoms with Gasteiger partial charge in [0.05, 0.1) is 6.42 Å². The fourth-order valence-corrected chi connectivity index (χ4v) is 4.13. The molecule has 10 heteroatoms. The summed E-state index contributed by atoms with van der Waals surface area (Å²) in [4.78, 5) is 36.9. The number of nitrogens with zero attached hydrogens (tertiary/aromatic N) is 1. The summed E-state index contributed by atoms with van der Waals surface area (Å²) in [5, 5.41) is 11.0. The lowest BCUT2D eigenvalue weighted by Crippen LogP contribution is -2.52. The molecule has 3 rings (SSSR count). The standard InChI is InChI=1S/C24H25F3N2O5/c1-2-11-29(13-21(30)31)22(32)20(12-24(25,26)27)28-23(33)34-14-19-17-9-5-3-7-15(17)16-8-4-6-10-18(16)19/h3-10,19-20H,2,11-14H2,1H3,(H,28,33)(H,30,31). The maximum absolute atomic E-state index is 13.1. The molecule has 0 saturated heterocycles. The van der Waals surface area contributed by atoms with Crippen LogP contribution in [0.15, 0.2) is 48.5 Å². The Kier molecular flexibility index (Phi) is 7.80. The van der Waals surface area contributed by atoms with E-state index < -0.39 is 43.2 Å². The Hall–Kier alpha value is -3.56. The van der Waals surface area contributed by atoms with Crippen molar-refractivity contribution in [3.05, 3.63) is 59.7 Å². The quantitative estimate of drug-likeness (QED) is 0.564. The van der Waals surface area contributed by atoms with Crippen LogP contribution in [0.4, 0.5) is 18.0 Å². The molecule has 2 aromatic rings. The van der Waals surface area contributed by atoms with Crippen molar-refractivity contribution in [2.45, 2.75) is 37.9 Å². The largest absolute Gasteiger partial charge is 0.480 e. The van der Waals surface area contributed by atoms with E-state index in [9.17, 15) is 27.6 Å². The van der Waals surface area contributed by atoms with E-state index in [1.807, 2.05) is 53.8 Å². The van der Waals surface area contributed by atoms with Gasteiger partial charge in [0.2, 0.25) is 5.91 Å². The number of carbonyl (C=O) groups is 3. The number of carbonyl (C=O) groups excluding carboxylic acids is 2. The number of benzene rings is 2. The molecule has 2 aromatic carbocycles. The van der Waals surface area contributed by atoms with Crippen LogP contribution in [0.5, 0.6) is 0 Å². The molecule has 182 valence electrons. The van der Waals surface area contributed by atoms with Crippen LogP contribution >= 0.6 is 0 Å². The molecule has 1 unspecified atom stereocenters. The molecule has 34 heavy (non-hydrogen) atoms. The molecule has 1 aliphatic carbocycles. The van der Waals surface area contributed by atoms with Crippen LogP contribution < -0.4 is 5.32 Å². The Balaban J connectivity index is 1.72. The molecular formula is C24H25F3N2O5. The van der Waals surface area contributed by atoms with Gasteiger partial charge >= 0.3 is 18.2 Å². The second-order valence-corrected chi connectivity index (χ2v) is 8.00. The highest BCUT2D eigenvalue weighted by Gasteiger charge is 2.39. The number of aliphatic carboxylic acids is 1. The zero-order chi connectivity index (χ0) is 24.9. The average molecular weight is 478 g/mol. The number of ether oxygens (including phenoxy) is 1. The van der Waals surface area contributed by atoms with Crippen molar-refractivity contribution in [3.8, 4) is 11.1 Å². The zero-order valence-corrected chi connectivity index (χ0v) is 18.5. The van der Waals surface area contributed by atoms with Crippen molar-refractivity contribution in [3.63, 3.8) is 0 Å². The number of carboxylic acids is 1. The first-order chi connectivity index (χ1) is 16.1. The van der Waals surface area contributed by atoms with E-state index in [0.717, 1.165) is 27.2 Å². The predicted octanol–water partition coefficient (Wildman–Crippen LogP) is 4.17. The summed E-state index contributed by atoms with van der Waals surface area (Å²) in [7, 11) is 0. The number of alkyl halides is 3. The monoisotopic (exact) mass is 478 g/mol. The molecule has 1 aliphatic rings. The number of carboxylic acid groups (broad SMARTS) is 1. The number of alkyl carbamates (subject to hydrolysis) is 1. The van der Waals surface area contributed by atoms with E-state index in [1.54, 1.807) is 6.92 Å². The number of amides is 2. The summed E-state index contributed by atoms with van der Waals surface area (Å²) >= 11 is 0. The van der Waals surface area contributed by atoms with Crippen LogP contribution in [-0.2, 0) is 14.3 Å². The fourth-order valence-electron chi connectivity index (χ4n) is 4.13. The van der Waals surface area contributed by atoms with Crippen molar-refractivity contribution >= 4 is 18.0 Å². The predicted molar refractivity (Wildman–Crippen MR) is 117 cm³/mol. The Labute approximate surface area is 194 Å². The first-order valence-electron chi connectivity index (χ1n) is 10.8. The molecule has 0 saturated carbocycles. The molecule has 0 bridgehead atoms. The van der Waals surface area contributed by atoms with Gasteiger partial charge in [-0.1, -0.05) is 55.5 Å². The van der Waals surface area contributed by atoms with Gasteiger partial charge < -0.3 is 20.1 Å². The summed E-state index contributed by atoms with van der Waals surface area (Å²) < 4.78 is 44.6. The molecule has 0 aromatic heterocycles. The topological polar surface area (TPSA) is 95.9 Å². The molecule has 2 N–H and O–H groups in total. The minimum absolute atomic E-state index is 0.0636. The van der Waals surface area contributed by atoms with E-state index in [2.05, 4.69) is 0 Å². The fraction of sp³-hybridized carbons (Fsp3) is 0.375. The molecule has 2 amide bonds. The van der Waals surface area contributed by atoms with E-state index in [1.165, 1.54) is 0 Å². The lowest BCUT2D eigenvalue weighted by atomic mass is 9.98. The molecule has 7 nitrogen and oxygen atoms in total. The minimum Gasteiger partial charge on any atom is -0.480 e. The van der Waals surface area contributed by atoms with Gasteiger partial charge in [-0.3, -0.25) is 9.59 Å². The van der Waals surface area contributed by atoms with Crippen molar-refractivity contribution in [2.24, 2.45) is 0 Å². The molecule has 0 aliphatic heterocycles. The van der Waals surface area contributed by atoms with E-state index >= 15 is 0 Å². The summed E-state index contributed by atoms with van der Waals surface area (Å²) in [5.41, 5.74) is 3.83. The Bertz CT molecular complexity index is 1010. The highest BCUT2D eigenvalue weighted by Crippen LogP contribution is 2.44. The second-order valence-electron chi connectivity index (χ2n) is 8.00. The number of hydrogen-bond acceptors (Lipinski definition) is 4. The first-order valence-corrected chi connectivity index (χ1v) is 10.8. The highest BCUT2D eigenvalue weighted by atomic mass is 19.4. The van der Waals surface area contributed by atoms with Crippen LogP contribution in [-0.4, -0.2) is 59.9 Å². The van der Waals surface area contributed by atoms with Gasteiger partial charge in [0.25, 0.3) is 0 Å². The first kappa shape index (κ1) is 25.1. The summed E-state index contributed by atoms with van der Waals surface area (Å²) in [5.74, 6) is -2.80. The van der Waals surface area contributed by atoms with Crippen molar-refractivity contribution in [1.82, 2.24) is 10.2 Å². The number of fused-ring (bicyclic) bond motifs is 3. The van der Waals surface area contributed by atoms with Gasteiger partial charge in [0.1, 0.15) is 19.2 Å². The van der Waals surface area contributed by atoms with Crippen molar-refractivity contribution in [1.29, 1.82) is 0 Å². The molecule has 0 spiro atoms. The molecule has 0 radical (unpaired) electrons.